The van der Waals surface area contributed by atoms with Crippen LogP contribution in [0.4, 0.5) is 22.0 Å². The average molecular weight is 526 g/mol. The maximum atomic E-state index is 14.1. The first-order valence-electron chi connectivity index (χ1n) is 10.7. The van der Waals surface area contributed by atoms with Crippen molar-refractivity contribution < 1.29 is 35.2 Å². The Balaban J connectivity index is 1.48. The van der Waals surface area contributed by atoms with E-state index < -0.39 is 45.5 Å². The minimum atomic E-state index is -4.57. The number of sulfonamides is 1. The Morgan fingerprint density at radius 1 is 1.08 bits per heavy atom. The Hall–Kier alpha value is -3.45. The summed E-state index contributed by atoms with van der Waals surface area (Å²) in [7, 11) is -4.05. The molecule has 1 aliphatic rings. The number of rotatable bonds is 6. The van der Waals surface area contributed by atoms with Crippen LogP contribution in [-0.4, -0.2) is 41.2 Å². The number of hydrogen-bond donors (Lipinski definition) is 1. The van der Waals surface area contributed by atoms with Gasteiger partial charge < -0.3 is 5.32 Å². The lowest BCUT2D eigenvalue weighted by molar-refractivity contribution is -0.137. The van der Waals surface area contributed by atoms with Gasteiger partial charge in [0.15, 0.2) is 0 Å². The van der Waals surface area contributed by atoms with Crippen molar-refractivity contribution in [1.29, 1.82) is 0 Å². The number of carbonyl (C=O) groups is 1. The molecule has 36 heavy (non-hydrogen) atoms. The summed E-state index contributed by atoms with van der Waals surface area (Å²) in [6, 6.07) is 7.50. The fraction of sp³-hybridized carbons (Fsp3) is 0.261. The first-order valence-corrected chi connectivity index (χ1v) is 12.1. The van der Waals surface area contributed by atoms with Gasteiger partial charge >= 0.3 is 6.18 Å². The first kappa shape index (κ1) is 25.6. The van der Waals surface area contributed by atoms with Gasteiger partial charge in [-0.15, -0.1) is 0 Å². The summed E-state index contributed by atoms with van der Waals surface area (Å²) in [5.41, 5.74) is -0.665. The van der Waals surface area contributed by atoms with E-state index in [2.05, 4.69) is 15.3 Å². The van der Waals surface area contributed by atoms with Crippen LogP contribution in [0, 0.1) is 11.8 Å². The molecule has 1 aromatic carbocycles. The summed E-state index contributed by atoms with van der Waals surface area (Å²) in [6.07, 6.45) is -3.25. The molecule has 1 fully saturated rings. The molecule has 190 valence electrons. The van der Waals surface area contributed by atoms with Crippen LogP contribution < -0.4 is 5.32 Å². The second-order valence-corrected chi connectivity index (χ2v) is 9.94. The average Bonchev–Trinajstić information content (AvgIpc) is 3.33. The number of pyridine rings is 2. The van der Waals surface area contributed by atoms with Gasteiger partial charge in [-0.1, -0.05) is 0 Å². The van der Waals surface area contributed by atoms with E-state index in [1.54, 1.807) is 0 Å². The third-order valence-corrected chi connectivity index (χ3v) is 7.53. The van der Waals surface area contributed by atoms with E-state index in [0.29, 0.717) is 12.6 Å². The number of amides is 1. The summed E-state index contributed by atoms with van der Waals surface area (Å²) in [5, 5.41) is 2.54. The van der Waals surface area contributed by atoms with Crippen LogP contribution in [0.15, 0.2) is 59.6 Å². The van der Waals surface area contributed by atoms with Gasteiger partial charge in [0, 0.05) is 24.4 Å². The largest absolute Gasteiger partial charge is 0.417 e. The number of nitrogens with zero attached hydrogens (tertiary/aromatic N) is 3. The molecule has 0 unspecified atom stereocenters. The Bertz CT molecular complexity index is 1360. The topological polar surface area (TPSA) is 92.3 Å². The van der Waals surface area contributed by atoms with Crippen molar-refractivity contribution in [2.75, 3.05) is 6.54 Å². The molecule has 0 spiro atoms. The second-order valence-electron chi connectivity index (χ2n) is 8.05. The monoisotopic (exact) mass is 526 g/mol. The third-order valence-electron chi connectivity index (χ3n) is 5.60. The summed E-state index contributed by atoms with van der Waals surface area (Å²) in [5.74, 6) is -2.16. The minimum Gasteiger partial charge on any atom is -0.349 e. The normalized spacial score (nSPS) is 16.8. The molecule has 0 radical (unpaired) electrons. The fourth-order valence-corrected chi connectivity index (χ4v) is 5.51. The number of benzene rings is 1. The molecule has 2 aromatic heterocycles. The van der Waals surface area contributed by atoms with Crippen molar-refractivity contribution in [3.05, 3.63) is 77.8 Å². The van der Waals surface area contributed by atoms with Crippen LogP contribution in [0.1, 0.15) is 24.1 Å². The Morgan fingerprint density at radius 2 is 1.81 bits per heavy atom. The highest BCUT2D eigenvalue weighted by molar-refractivity contribution is 7.89. The quantitative estimate of drug-likeness (QED) is 0.389. The molecule has 4 rings (SSSR count). The van der Waals surface area contributed by atoms with E-state index in [0.717, 1.165) is 46.8 Å². The van der Waals surface area contributed by atoms with Crippen molar-refractivity contribution >= 4 is 15.9 Å². The second kappa shape index (κ2) is 9.90. The summed E-state index contributed by atoms with van der Waals surface area (Å²) >= 11 is 0. The SMILES string of the molecule is O=C(NCc1cc(-c2ccc(C(F)(F)F)cn2)cc(F)n1)[C@@H]1CCCN1S(=O)(=O)c1ccc(F)cc1. The molecule has 7 nitrogen and oxygen atoms in total. The molecule has 3 heterocycles. The molecule has 0 bridgehead atoms. The molecule has 1 saturated heterocycles. The van der Waals surface area contributed by atoms with E-state index in [4.69, 9.17) is 0 Å². The van der Waals surface area contributed by atoms with Gasteiger partial charge in [0.25, 0.3) is 0 Å². The van der Waals surface area contributed by atoms with E-state index in [-0.39, 0.29) is 41.4 Å². The predicted octanol–water partition coefficient (Wildman–Crippen LogP) is 3.91. The zero-order valence-corrected chi connectivity index (χ0v) is 19.3. The lowest BCUT2D eigenvalue weighted by Gasteiger charge is -2.23. The number of halogens is 5. The lowest BCUT2D eigenvalue weighted by atomic mass is 10.1. The first-order chi connectivity index (χ1) is 16.9. The molecule has 1 amide bonds. The van der Waals surface area contributed by atoms with Crippen LogP contribution >= 0.6 is 0 Å². The van der Waals surface area contributed by atoms with Crippen molar-refractivity contribution in [3.63, 3.8) is 0 Å². The van der Waals surface area contributed by atoms with E-state index in [9.17, 15) is 35.2 Å². The molecule has 13 heteroatoms. The Kier molecular flexibility index (Phi) is 7.05. The van der Waals surface area contributed by atoms with Gasteiger partial charge in [-0.05, 0) is 55.3 Å². The number of aromatic nitrogens is 2. The maximum absolute atomic E-state index is 14.1. The molecule has 0 saturated carbocycles. The van der Waals surface area contributed by atoms with Gasteiger partial charge in [0.05, 0.1) is 28.4 Å². The van der Waals surface area contributed by atoms with Crippen LogP contribution in [0.25, 0.3) is 11.3 Å². The van der Waals surface area contributed by atoms with Crippen LogP contribution in [-0.2, 0) is 27.5 Å². The molecular formula is C23H19F5N4O3S. The standard InChI is InChI=1S/C23H19F5N4O3S/c24-16-4-6-18(7-5-16)36(34,35)32-9-1-2-20(32)22(33)30-13-17-10-14(11-21(25)31-17)19-8-3-15(12-29-19)23(26,27)28/h3-8,10-12,20H,1-2,9,13H2,(H,30,33)/t20-/m0/s1. The van der Waals surface area contributed by atoms with Crippen molar-refractivity contribution in [2.24, 2.45) is 0 Å². The minimum absolute atomic E-state index is 0.0611. The zero-order chi connectivity index (χ0) is 26.1. The highest BCUT2D eigenvalue weighted by Gasteiger charge is 2.39. The van der Waals surface area contributed by atoms with Crippen molar-refractivity contribution in [3.8, 4) is 11.3 Å². The fourth-order valence-electron chi connectivity index (χ4n) is 3.85. The van der Waals surface area contributed by atoms with Crippen molar-refractivity contribution in [1.82, 2.24) is 19.6 Å². The Labute approximate surface area is 203 Å². The molecule has 3 aromatic rings. The lowest BCUT2D eigenvalue weighted by Crippen LogP contribution is -2.45. The van der Waals surface area contributed by atoms with Gasteiger partial charge in [0.2, 0.25) is 21.9 Å². The van der Waals surface area contributed by atoms with Gasteiger partial charge in [0.1, 0.15) is 11.9 Å². The van der Waals surface area contributed by atoms with E-state index >= 15 is 0 Å². The van der Waals surface area contributed by atoms with Gasteiger partial charge in [-0.2, -0.15) is 21.9 Å². The smallest absolute Gasteiger partial charge is 0.349 e. The van der Waals surface area contributed by atoms with Crippen LogP contribution in [0.3, 0.4) is 0 Å². The summed E-state index contributed by atoms with van der Waals surface area (Å²) in [4.78, 5) is 20.1. The maximum Gasteiger partial charge on any atom is 0.417 e. The van der Waals surface area contributed by atoms with Crippen LogP contribution in [0.2, 0.25) is 0 Å². The summed E-state index contributed by atoms with van der Waals surface area (Å²) < 4.78 is 92.5. The van der Waals surface area contributed by atoms with E-state index in [1.807, 2.05) is 0 Å². The number of nitrogens with one attached hydrogen (secondary N) is 1. The van der Waals surface area contributed by atoms with Gasteiger partial charge in [-0.25, -0.2) is 17.8 Å². The zero-order valence-electron chi connectivity index (χ0n) is 18.5. The third kappa shape index (κ3) is 5.51. The molecule has 1 atom stereocenters. The Morgan fingerprint density at radius 3 is 2.44 bits per heavy atom. The van der Waals surface area contributed by atoms with E-state index in [1.165, 1.54) is 6.07 Å². The molecule has 0 aliphatic carbocycles. The highest BCUT2D eigenvalue weighted by Crippen LogP contribution is 2.30. The number of alkyl halides is 3. The molecule has 1 aliphatic heterocycles. The number of carbonyl (C=O) groups excluding carboxylic acids is 1. The highest BCUT2D eigenvalue weighted by atomic mass is 32.2. The summed E-state index contributed by atoms with van der Waals surface area (Å²) in [6.45, 7) is -0.162. The predicted molar refractivity (Wildman–Crippen MR) is 118 cm³/mol. The van der Waals surface area contributed by atoms with Gasteiger partial charge in [-0.3, -0.25) is 9.78 Å². The molecule has 1 N–H and O–H groups in total. The molecular weight excluding hydrogens is 507 g/mol. The van der Waals surface area contributed by atoms with Crippen molar-refractivity contribution in [2.45, 2.75) is 36.5 Å². The number of hydrogen-bond acceptors (Lipinski definition) is 5. The van der Waals surface area contributed by atoms with Crippen LogP contribution in [0.5, 0.6) is 0 Å².